The monoisotopic (exact) mass is 425 g/mol. The molecule has 10 heteroatoms. The maximum absolute atomic E-state index is 13.1. The van der Waals surface area contributed by atoms with Crippen molar-refractivity contribution in [3.63, 3.8) is 0 Å². The third kappa shape index (κ3) is 4.12. The number of hydrogen-bond donors (Lipinski definition) is 0. The topological polar surface area (TPSA) is 79.3 Å². The van der Waals surface area contributed by atoms with Gasteiger partial charge in [0.15, 0.2) is 11.3 Å². The van der Waals surface area contributed by atoms with Crippen molar-refractivity contribution in [2.24, 2.45) is 7.05 Å². The van der Waals surface area contributed by atoms with Crippen molar-refractivity contribution in [3.8, 4) is 5.75 Å². The highest BCUT2D eigenvalue weighted by Crippen LogP contribution is 2.38. The molecule has 0 atom stereocenters. The Hall–Kier alpha value is -3.04. The van der Waals surface area contributed by atoms with Crippen LogP contribution in [-0.4, -0.2) is 20.9 Å². The summed E-state index contributed by atoms with van der Waals surface area (Å²) in [4.78, 5) is 24.3. The van der Waals surface area contributed by atoms with Gasteiger partial charge in [-0.05, 0) is 31.9 Å². The number of ether oxygens (including phenoxy) is 1. The van der Waals surface area contributed by atoms with E-state index in [2.05, 4.69) is 5.16 Å². The van der Waals surface area contributed by atoms with Gasteiger partial charge >= 0.3 is 11.9 Å². The summed E-state index contributed by atoms with van der Waals surface area (Å²) in [5.41, 5.74) is -0.796. The van der Waals surface area contributed by atoms with Crippen LogP contribution in [0.3, 0.4) is 0 Å². The molecule has 0 aliphatic heterocycles. The fourth-order valence-electron chi connectivity index (χ4n) is 3.36. The molecule has 0 saturated carbocycles. The Morgan fingerprint density at radius 3 is 2.63 bits per heavy atom. The van der Waals surface area contributed by atoms with E-state index in [0.717, 1.165) is 4.57 Å². The van der Waals surface area contributed by atoms with Gasteiger partial charge in [-0.15, -0.1) is 0 Å². The highest BCUT2D eigenvalue weighted by atomic mass is 19.4. The van der Waals surface area contributed by atoms with Crippen LogP contribution < -0.4 is 16.0 Å². The SMILES string of the molecule is CCCc1c(OCCCn2c(=O)c(C)cn(C)c2=O)ccc2c(C(F)(F)F)noc12. The van der Waals surface area contributed by atoms with Gasteiger partial charge in [0.1, 0.15) is 5.75 Å². The van der Waals surface area contributed by atoms with Gasteiger partial charge in [-0.25, -0.2) is 4.79 Å². The molecule has 0 unspecified atom stereocenters. The quantitative estimate of drug-likeness (QED) is 0.542. The van der Waals surface area contributed by atoms with Crippen LogP contribution in [0.15, 0.2) is 32.4 Å². The lowest BCUT2D eigenvalue weighted by Crippen LogP contribution is -2.40. The minimum Gasteiger partial charge on any atom is -0.493 e. The lowest BCUT2D eigenvalue weighted by Gasteiger charge is -2.12. The Morgan fingerprint density at radius 1 is 1.23 bits per heavy atom. The molecule has 0 saturated heterocycles. The van der Waals surface area contributed by atoms with Crippen LogP contribution in [0.4, 0.5) is 13.2 Å². The van der Waals surface area contributed by atoms with E-state index in [0.29, 0.717) is 36.1 Å². The number of halogens is 3. The molecule has 2 heterocycles. The summed E-state index contributed by atoms with van der Waals surface area (Å²) >= 11 is 0. The molecule has 7 nitrogen and oxygen atoms in total. The molecule has 0 amide bonds. The molecule has 0 radical (unpaired) electrons. The first kappa shape index (κ1) is 21.7. The number of hydrogen-bond acceptors (Lipinski definition) is 5. The van der Waals surface area contributed by atoms with Crippen LogP contribution in [0.2, 0.25) is 0 Å². The second-order valence-electron chi connectivity index (χ2n) is 7.06. The molecule has 162 valence electrons. The van der Waals surface area contributed by atoms with Crippen LogP contribution in [0, 0.1) is 6.92 Å². The number of aryl methyl sites for hydroxylation is 3. The van der Waals surface area contributed by atoms with Gasteiger partial charge < -0.3 is 13.8 Å². The molecule has 0 aliphatic rings. The zero-order valence-electron chi connectivity index (χ0n) is 16.9. The van der Waals surface area contributed by atoms with E-state index in [4.69, 9.17) is 9.26 Å². The highest BCUT2D eigenvalue weighted by Gasteiger charge is 2.37. The van der Waals surface area contributed by atoms with Crippen molar-refractivity contribution in [3.05, 3.63) is 56.0 Å². The van der Waals surface area contributed by atoms with E-state index in [9.17, 15) is 22.8 Å². The summed E-state index contributed by atoms with van der Waals surface area (Å²) in [6, 6.07) is 2.75. The molecule has 0 bridgehead atoms. The fourth-order valence-corrected chi connectivity index (χ4v) is 3.36. The standard InChI is InChI=1S/C20H22F3N3O4/c1-4-6-13-15(8-7-14-16(13)30-24-17(14)20(21,22)23)29-10-5-9-26-18(27)12(2)11-25(3)19(26)28/h7-8,11H,4-6,9-10H2,1-3H3. The lowest BCUT2D eigenvalue weighted by molar-refractivity contribution is -0.141. The molecule has 2 aromatic heterocycles. The summed E-state index contributed by atoms with van der Waals surface area (Å²) < 4.78 is 52.5. The van der Waals surface area contributed by atoms with Crippen molar-refractivity contribution in [2.75, 3.05) is 6.61 Å². The fraction of sp³-hybridized carbons (Fsp3) is 0.450. The van der Waals surface area contributed by atoms with Crippen molar-refractivity contribution < 1.29 is 22.4 Å². The number of rotatable bonds is 7. The van der Waals surface area contributed by atoms with E-state index in [1.54, 1.807) is 14.0 Å². The summed E-state index contributed by atoms with van der Waals surface area (Å²) in [5, 5.41) is 3.09. The summed E-state index contributed by atoms with van der Waals surface area (Å²) in [5.74, 6) is 0.402. The Balaban J connectivity index is 1.79. The van der Waals surface area contributed by atoms with Crippen LogP contribution in [-0.2, 0) is 26.2 Å². The van der Waals surface area contributed by atoms with E-state index in [-0.39, 0.29) is 29.7 Å². The molecule has 0 spiro atoms. The number of alkyl halides is 3. The van der Waals surface area contributed by atoms with E-state index in [1.165, 1.54) is 22.9 Å². The smallest absolute Gasteiger partial charge is 0.437 e. The van der Waals surface area contributed by atoms with Crippen molar-refractivity contribution in [1.29, 1.82) is 0 Å². The Kier molecular flexibility index (Phi) is 6.04. The number of nitrogens with zero attached hydrogens (tertiary/aromatic N) is 3. The average Bonchev–Trinajstić information content (AvgIpc) is 3.12. The molecule has 3 rings (SSSR count). The molecule has 0 N–H and O–H groups in total. The van der Waals surface area contributed by atoms with Gasteiger partial charge in [0.25, 0.3) is 5.56 Å². The second kappa shape index (κ2) is 8.37. The molecule has 0 aliphatic carbocycles. The molecular weight excluding hydrogens is 403 g/mol. The number of benzene rings is 1. The number of aromatic nitrogens is 3. The first-order chi connectivity index (χ1) is 14.1. The van der Waals surface area contributed by atoms with Gasteiger partial charge in [-0.1, -0.05) is 18.5 Å². The normalized spacial score (nSPS) is 11.9. The summed E-state index contributed by atoms with van der Waals surface area (Å²) in [6.07, 6.45) is -1.63. The zero-order chi connectivity index (χ0) is 22.1. The van der Waals surface area contributed by atoms with Crippen LogP contribution >= 0.6 is 0 Å². The van der Waals surface area contributed by atoms with Crippen molar-refractivity contribution >= 4 is 11.0 Å². The molecule has 30 heavy (non-hydrogen) atoms. The molecule has 1 aromatic carbocycles. The summed E-state index contributed by atoms with van der Waals surface area (Å²) in [7, 11) is 1.57. The molecule has 3 aromatic rings. The van der Waals surface area contributed by atoms with Crippen molar-refractivity contribution in [2.45, 2.75) is 45.8 Å². The summed E-state index contributed by atoms with van der Waals surface area (Å²) in [6.45, 7) is 3.86. The van der Waals surface area contributed by atoms with E-state index >= 15 is 0 Å². The second-order valence-corrected chi connectivity index (χ2v) is 7.06. The highest BCUT2D eigenvalue weighted by molar-refractivity contribution is 5.85. The van der Waals surface area contributed by atoms with E-state index in [1.807, 2.05) is 6.92 Å². The van der Waals surface area contributed by atoms with Gasteiger partial charge in [0.05, 0.1) is 12.0 Å². The minimum atomic E-state index is -4.61. The first-order valence-electron chi connectivity index (χ1n) is 9.53. The third-order valence-electron chi connectivity index (χ3n) is 4.76. The van der Waals surface area contributed by atoms with Crippen LogP contribution in [0.1, 0.15) is 36.6 Å². The maximum Gasteiger partial charge on any atom is 0.437 e. The van der Waals surface area contributed by atoms with Gasteiger partial charge in [-0.3, -0.25) is 9.36 Å². The largest absolute Gasteiger partial charge is 0.493 e. The Labute approximate surface area is 169 Å². The Morgan fingerprint density at radius 2 is 1.97 bits per heavy atom. The van der Waals surface area contributed by atoms with Gasteiger partial charge in [-0.2, -0.15) is 13.2 Å². The molecule has 0 fully saturated rings. The third-order valence-corrected chi connectivity index (χ3v) is 4.76. The first-order valence-corrected chi connectivity index (χ1v) is 9.53. The Bertz CT molecular complexity index is 1140. The number of fused-ring (bicyclic) bond motifs is 1. The predicted molar refractivity (Wildman–Crippen MR) is 104 cm³/mol. The van der Waals surface area contributed by atoms with Crippen molar-refractivity contribution in [1.82, 2.24) is 14.3 Å². The minimum absolute atomic E-state index is 0.0606. The lowest BCUT2D eigenvalue weighted by atomic mass is 10.0. The van der Waals surface area contributed by atoms with E-state index < -0.39 is 17.6 Å². The molecular formula is C20H22F3N3O4. The van der Waals surface area contributed by atoms with Crippen LogP contribution in [0.5, 0.6) is 5.75 Å². The average molecular weight is 425 g/mol. The van der Waals surface area contributed by atoms with Crippen LogP contribution in [0.25, 0.3) is 11.0 Å². The van der Waals surface area contributed by atoms with Gasteiger partial charge in [0, 0.05) is 30.9 Å². The zero-order valence-corrected chi connectivity index (χ0v) is 16.9. The maximum atomic E-state index is 13.1. The predicted octanol–water partition coefficient (Wildman–Crippen LogP) is 3.44. The van der Waals surface area contributed by atoms with Gasteiger partial charge in [0.2, 0.25) is 0 Å².